The van der Waals surface area contributed by atoms with Crippen LogP contribution in [0.4, 0.5) is 4.79 Å². The summed E-state index contributed by atoms with van der Waals surface area (Å²) >= 11 is 0. The molecule has 200 valence electrons. The molecule has 38 heavy (non-hydrogen) atoms. The first-order chi connectivity index (χ1) is 18.5. The van der Waals surface area contributed by atoms with Gasteiger partial charge in [0.15, 0.2) is 0 Å². The number of hydrogen-bond donors (Lipinski definition) is 0. The van der Waals surface area contributed by atoms with Crippen LogP contribution in [0.3, 0.4) is 0 Å². The van der Waals surface area contributed by atoms with Gasteiger partial charge in [-0.2, -0.15) is 0 Å². The van der Waals surface area contributed by atoms with Gasteiger partial charge < -0.3 is 19.1 Å². The van der Waals surface area contributed by atoms with Crippen LogP contribution in [0.2, 0.25) is 0 Å². The van der Waals surface area contributed by atoms with Crippen LogP contribution in [0.5, 0.6) is 11.5 Å². The van der Waals surface area contributed by atoms with E-state index in [2.05, 4.69) is 23.1 Å². The molecule has 5 rings (SSSR count). The Hall–Kier alpha value is -3.62. The zero-order valence-electron chi connectivity index (χ0n) is 22.3. The number of ether oxygens (including phenoxy) is 3. The zero-order chi connectivity index (χ0) is 26.7. The van der Waals surface area contributed by atoms with Crippen LogP contribution in [-0.2, 0) is 22.6 Å². The summed E-state index contributed by atoms with van der Waals surface area (Å²) in [5.41, 5.74) is 1.15. The minimum absolute atomic E-state index is 0.121. The maximum Gasteiger partial charge on any atom is 0.328 e. The van der Waals surface area contributed by atoms with E-state index in [1.807, 2.05) is 42.5 Å². The van der Waals surface area contributed by atoms with E-state index in [9.17, 15) is 9.59 Å². The maximum atomic E-state index is 13.9. The van der Waals surface area contributed by atoms with E-state index in [0.29, 0.717) is 51.4 Å². The molecule has 0 radical (unpaired) electrons. The van der Waals surface area contributed by atoms with Gasteiger partial charge in [0.05, 0.1) is 27.4 Å². The number of hydrogen-bond acceptors (Lipinski definition) is 6. The van der Waals surface area contributed by atoms with Crippen LogP contribution >= 0.6 is 0 Å². The summed E-state index contributed by atoms with van der Waals surface area (Å²) in [6, 6.07) is 19.7. The molecule has 2 aliphatic heterocycles. The van der Waals surface area contributed by atoms with E-state index in [1.54, 1.807) is 26.2 Å². The smallest absolute Gasteiger partial charge is 0.328 e. The lowest BCUT2D eigenvalue weighted by Gasteiger charge is -2.42. The first kappa shape index (κ1) is 26.0. The highest BCUT2D eigenvalue weighted by molar-refractivity contribution is 6.07. The molecule has 0 aromatic heterocycles. The topological polar surface area (TPSA) is 71.6 Å². The lowest BCUT2D eigenvalue weighted by Crippen LogP contribution is -2.57. The number of carbonyl (C=O) groups excluding carboxylic acids is 2. The van der Waals surface area contributed by atoms with E-state index in [-0.39, 0.29) is 18.5 Å². The van der Waals surface area contributed by atoms with E-state index in [1.165, 1.54) is 15.7 Å². The number of amides is 3. The van der Waals surface area contributed by atoms with Gasteiger partial charge in [0.1, 0.15) is 17.0 Å². The van der Waals surface area contributed by atoms with Crippen molar-refractivity contribution in [2.24, 2.45) is 0 Å². The van der Waals surface area contributed by atoms with E-state index in [0.717, 1.165) is 16.9 Å². The van der Waals surface area contributed by atoms with E-state index in [4.69, 9.17) is 14.2 Å². The number of urea groups is 1. The molecule has 2 fully saturated rings. The highest BCUT2D eigenvalue weighted by Crippen LogP contribution is 2.39. The van der Waals surface area contributed by atoms with Gasteiger partial charge in [-0.3, -0.25) is 14.6 Å². The Morgan fingerprint density at radius 3 is 2.39 bits per heavy atom. The van der Waals surface area contributed by atoms with Crippen LogP contribution < -0.4 is 9.47 Å². The summed E-state index contributed by atoms with van der Waals surface area (Å²) in [6.07, 6.45) is 1.14. The second-order valence-electron chi connectivity index (χ2n) is 9.95. The maximum absolute atomic E-state index is 13.9. The summed E-state index contributed by atoms with van der Waals surface area (Å²) in [5, 5.41) is 2.35. The second-order valence-corrected chi connectivity index (χ2v) is 9.95. The molecule has 3 amide bonds. The first-order valence-electron chi connectivity index (χ1n) is 13.0. The number of carbonyl (C=O) groups is 2. The Balaban J connectivity index is 1.37. The lowest BCUT2D eigenvalue weighted by atomic mass is 9.85. The lowest BCUT2D eigenvalue weighted by molar-refractivity contribution is -0.136. The number of likely N-dealkylation sites (tertiary alicyclic amines) is 1. The Labute approximate surface area is 223 Å². The van der Waals surface area contributed by atoms with Crippen molar-refractivity contribution in [3.05, 3.63) is 71.8 Å². The molecule has 3 aromatic carbocycles. The van der Waals surface area contributed by atoms with Crippen molar-refractivity contribution in [1.82, 2.24) is 14.7 Å². The number of benzene rings is 3. The molecule has 2 aliphatic rings. The zero-order valence-corrected chi connectivity index (χ0v) is 22.3. The molecule has 1 spiro atoms. The summed E-state index contributed by atoms with van der Waals surface area (Å²) in [6.45, 7) is 3.09. The van der Waals surface area contributed by atoms with Crippen molar-refractivity contribution in [2.45, 2.75) is 31.5 Å². The predicted molar refractivity (Wildman–Crippen MR) is 145 cm³/mol. The van der Waals surface area contributed by atoms with Gasteiger partial charge in [-0.1, -0.05) is 42.5 Å². The largest absolute Gasteiger partial charge is 0.497 e. The third kappa shape index (κ3) is 4.70. The quantitative estimate of drug-likeness (QED) is 0.394. The minimum atomic E-state index is -0.853. The van der Waals surface area contributed by atoms with Gasteiger partial charge in [0.25, 0.3) is 5.91 Å². The van der Waals surface area contributed by atoms with Crippen molar-refractivity contribution < 1.29 is 23.8 Å². The van der Waals surface area contributed by atoms with Crippen LogP contribution in [0, 0.1) is 0 Å². The summed E-state index contributed by atoms with van der Waals surface area (Å²) < 4.78 is 16.3. The highest BCUT2D eigenvalue weighted by atomic mass is 16.5. The van der Waals surface area contributed by atoms with Gasteiger partial charge in [-0.05, 0) is 47.4 Å². The molecule has 0 unspecified atom stereocenters. The molecule has 0 bridgehead atoms. The number of imide groups is 1. The number of piperidine rings is 1. The van der Waals surface area contributed by atoms with E-state index < -0.39 is 5.54 Å². The first-order valence-corrected chi connectivity index (χ1v) is 13.0. The van der Waals surface area contributed by atoms with E-state index >= 15 is 0 Å². The van der Waals surface area contributed by atoms with Gasteiger partial charge in [0.2, 0.25) is 0 Å². The second kappa shape index (κ2) is 11.0. The molecule has 8 heteroatoms. The molecule has 2 heterocycles. The van der Waals surface area contributed by atoms with Crippen LogP contribution in [0.15, 0.2) is 60.7 Å². The average Bonchev–Trinajstić information content (AvgIpc) is 3.14. The molecule has 3 aromatic rings. The summed E-state index contributed by atoms with van der Waals surface area (Å²) in [7, 11) is 4.92. The fraction of sp³-hybridized carbons (Fsp3) is 0.400. The Bertz CT molecular complexity index is 1320. The van der Waals surface area contributed by atoms with Gasteiger partial charge in [0, 0.05) is 38.9 Å². The standard InChI is InChI=1S/C30H35N3O5/c1-36-18-17-33-29(35)32(20-22-7-6-9-24(19-22)37-2)28(34)30(33)13-15-31(16-14-30)21-26-25-10-5-4-8-23(25)11-12-27(26)38-3/h4-12,19H,13-18,20-21H2,1-3H3. The molecule has 0 aliphatic carbocycles. The average molecular weight is 518 g/mol. The fourth-order valence-corrected chi connectivity index (χ4v) is 5.83. The van der Waals surface area contributed by atoms with Crippen molar-refractivity contribution in [1.29, 1.82) is 0 Å². The summed E-state index contributed by atoms with van der Waals surface area (Å²) in [5.74, 6) is 1.44. The van der Waals surface area contributed by atoms with Crippen molar-refractivity contribution >= 4 is 22.7 Å². The van der Waals surface area contributed by atoms with Crippen molar-refractivity contribution in [2.75, 3.05) is 47.6 Å². The van der Waals surface area contributed by atoms with Gasteiger partial charge in [-0.15, -0.1) is 0 Å². The molecular weight excluding hydrogens is 482 g/mol. The van der Waals surface area contributed by atoms with Crippen molar-refractivity contribution in [3.63, 3.8) is 0 Å². The third-order valence-electron chi connectivity index (χ3n) is 7.90. The Kier molecular flexibility index (Phi) is 7.53. The summed E-state index contributed by atoms with van der Waals surface area (Å²) in [4.78, 5) is 33.0. The predicted octanol–water partition coefficient (Wildman–Crippen LogP) is 4.30. The molecule has 2 saturated heterocycles. The van der Waals surface area contributed by atoms with Gasteiger partial charge in [-0.25, -0.2) is 4.79 Å². The van der Waals surface area contributed by atoms with Gasteiger partial charge >= 0.3 is 6.03 Å². The fourth-order valence-electron chi connectivity index (χ4n) is 5.83. The normalized spacial score (nSPS) is 17.6. The van der Waals surface area contributed by atoms with Crippen LogP contribution in [0.1, 0.15) is 24.0 Å². The van der Waals surface area contributed by atoms with Crippen LogP contribution in [0.25, 0.3) is 10.8 Å². The van der Waals surface area contributed by atoms with Crippen LogP contribution in [-0.4, -0.2) is 79.7 Å². The Morgan fingerprint density at radius 1 is 0.868 bits per heavy atom. The SMILES string of the molecule is COCCN1C(=O)N(Cc2cccc(OC)c2)C(=O)C12CCN(Cc1c(OC)ccc3ccccc13)CC2. The minimum Gasteiger partial charge on any atom is -0.497 e. The molecular formula is C30H35N3O5. The number of methoxy groups -OCH3 is 3. The highest BCUT2D eigenvalue weighted by Gasteiger charge is 2.57. The third-order valence-corrected chi connectivity index (χ3v) is 7.90. The monoisotopic (exact) mass is 517 g/mol. The van der Waals surface area contributed by atoms with Crippen molar-refractivity contribution in [3.8, 4) is 11.5 Å². The number of nitrogens with zero attached hydrogens (tertiary/aromatic N) is 3. The number of fused-ring (bicyclic) bond motifs is 1. The molecule has 0 saturated carbocycles. The molecule has 8 nitrogen and oxygen atoms in total. The Morgan fingerprint density at radius 2 is 1.66 bits per heavy atom. The molecule has 0 N–H and O–H groups in total. The number of rotatable bonds is 9. The molecule has 0 atom stereocenters.